The molecule has 8 heteroatoms. The van der Waals surface area contributed by atoms with Gasteiger partial charge in [-0.1, -0.05) is 0 Å². The van der Waals surface area contributed by atoms with Crippen LogP contribution < -0.4 is 4.72 Å². The van der Waals surface area contributed by atoms with Crippen LogP contribution in [0.3, 0.4) is 0 Å². The third-order valence-electron chi connectivity index (χ3n) is 3.71. The first-order valence-corrected chi connectivity index (χ1v) is 9.70. The molecule has 1 spiro atoms. The average Bonchev–Trinajstić information content (AvgIpc) is 3.02. The summed E-state index contributed by atoms with van der Waals surface area (Å²) in [6, 6.07) is 1.70. The highest BCUT2D eigenvalue weighted by Crippen LogP contribution is 2.36. The van der Waals surface area contributed by atoms with Crippen molar-refractivity contribution in [2.45, 2.75) is 41.7 Å². The highest BCUT2D eigenvalue weighted by Gasteiger charge is 2.41. The van der Waals surface area contributed by atoms with Crippen LogP contribution in [0.15, 0.2) is 20.1 Å². The van der Waals surface area contributed by atoms with Gasteiger partial charge in [0, 0.05) is 23.4 Å². The molecule has 112 valence electrons. The average molecular weight is 382 g/mol. The largest absolute Gasteiger partial charge is 0.348 e. The Bertz CT molecular complexity index is 570. The number of rotatable bonds is 3. The summed E-state index contributed by atoms with van der Waals surface area (Å²) >= 11 is 4.48. The van der Waals surface area contributed by atoms with Gasteiger partial charge in [0.2, 0.25) is 0 Å². The molecule has 1 aliphatic carbocycles. The smallest absolute Gasteiger partial charge is 0.251 e. The van der Waals surface area contributed by atoms with E-state index in [0.29, 0.717) is 21.9 Å². The van der Waals surface area contributed by atoms with E-state index in [2.05, 4.69) is 20.7 Å². The van der Waals surface area contributed by atoms with Crippen molar-refractivity contribution >= 4 is 37.3 Å². The van der Waals surface area contributed by atoms with Crippen molar-refractivity contribution < 1.29 is 17.9 Å². The second-order valence-electron chi connectivity index (χ2n) is 5.06. The second kappa shape index (κ2) is 5.66. The normalized spacial score (nSPS) is 23.4. The predicted molar refractivity (Wildman–Crippen MR) is 79.2 cm³/mol. The van der Waals surface area contributed by atoms with E-state index in [1.54, 1.807) is 11.4 Å². The van der Waals surface area contributed by atoms with Crippen LogP contribution in [0, 0.1) is 0 Å². The lowest BCUT2D eigenvalue weighted by Gasteiger charge is -2.35. The van der Waals surface area contributed by atoms with E-state index in [-0.39, 0.29) is 6.04 Å². The van der Waals surface area contributed by atoms with Gasteiger partial charge in [-0.05, 0) is 40.2 Å². The quantitative estimate of drug-likeness (QED) is 0.873. The van der Waals surface area contributed by atoms with E-state index in [4.69, 9.17) is 9.47 Å². The van der Waals surface area contributed by atoms with Crippen LogP contribution in [0.1, 0.15) is 25.7 Å². The zero-order valence-electron chi connectivity index (χ0n) is 10.8. The van der Waals surface area contributed by atoms with Crippen molar-refractivity contribution in [3.05, 3.63) is 15.9 Å². The highest BCUT2D eigenvalue weighted by molar-refractivity contribution is 9.10. The number of thiophene rings is 1. The Morgan fingerprint density at radius 1 is 1.30 bits per heavy atom. The zero-order valence-corrected chi connectivity index (χ0v) is 14.0. The van der Waals surface area contributed by atoms with Gasteiger partial charge in [0.05, 0.1) is 13.2 Å². The molecule has 3 rings (SSSR count). The maximum Gasteiger partial charge on any atom is 0.251 e. The Balaban J connectivity index is 1.64. The Kier molecular flexibility index (Phi) is 4.22. The molecule has 0 bridgehead atoms. The van der Waals surface area contributed by atoms with Gasteiger partial charge in [-0.25, -0.2) is 13.1 Å². The molecule has 1 aromatic rings. The van der Waals surface area contributed by atoms with Crippen LogP contribution in [-0.4, -0.2) is 33.5 Å². The fourth-order valence-corrected chi connectivity index (χ4v) is 6.36. The summed E-state index contributed by atoms with van der Waals surface area (Å²) in [5, 5.41) is 1.76. The predicted octanol–water partition coefficient (Wildman–Crippen LogP) is 2.47. The first kappa shape index (κ1) is 14.9. The summed E-state index contributed by atoms with van der Waals surface area (Å²) in [5.41, 5.74) is 0. The molecule has 0 radical (unpaired) electrons. The number of hydrogen-bond donors (Lipinski definition) is 1. The molecule has 2 aliphatic rings. The van der Waals surface area contributed by atoms with Crippen LogP contribution in [0.5, 0.6) is 0 Å². The number of sulfonamides is 1. The standard InChI is InChI=1S/C12H16BrNO4S2/c13-10-3-8-19-11(10)20(15,16)14-9-1-4-12(5-2-9)17-6-7-18-12/h3,8-9,14H,1-2,4-7H2. The van der Waals surface area contributed by atoms with Crippen molar-refractivity contribution in [2.24, 2.45) is 0 Å². The summed E-state index contributed by atoms with van der Waals surface area (Å²) in [4.78, 5) is 0. The topological polar surface area (TPSA) is 64.6 Å². The number of nitrogens with one attached hydrogen (secondary N) is 1. The van der Waals surface area contributed by atoms with Gasteiger partial charge in [-0.2, -0.15) is 0 Å². The number of ether oxygens (including phenoxy) is 2. The third kappa shape index (κ3) is 2.95. The van der Waals surface area contributed by atoms with E-state index in [1.807, 2.05) is 0 Å². The van der Waals surface area contributed by atoms with Crippen LogP contribution in [0.2, 0.25) is 0 Å². The molecule has 5 nitrogen and oxygen atoms in total. The van der Waals surface area contributed by atoms with Crippen LogP contribution in [-0.2, 0) is 19.5 Å². The summed E-state index contributed by atoms with van der Waals surface area (Å²) in [7, 11) is -3.44. The van der Waals surface area contributed by atoms with E-state index in [1.165, 1.54) is 11.3 Å². The molecule has 2 heterocycles. The Hall–Kier alpha value is 0.01000. The van der Waals surface area contributed by atoms with Crippen molar-refractivity contribution in [2.75, 3.05) is 13.2 Å². The molecule has 0 aromatic carbocycles. The third-order valence-corrected chi connectivity index (χ3v) is 7.90. The maximum atomic E-state index is 12.3. The lowest BCUT2D eigenvalue weighted by molar-refractivity contribution is -0.178. The molecule has 20 heavy (non-hydrogen) atoms. The molecule has 1 saturated heterocycles. The number of hydrogen-bond acceptors (Lipinski definition) is 5. The summed E-state index contributed by atoms with van der Waals surface area (Å²) in [6.45, 7) is 1.27. The van der Waals surface area contributed by atoms with Crippen molar-refractivity contribution in [3.63, 3.8) is 0 Å². The van der Waals surface area contributed by atoms with Gasteiger partial charge < -0.3 is 9.47 Å². The second-order valence-corrected chi connectivity index (χ2v) is 8.74. The molecule has 1 N–H and O–H groups in total. The van der Waals surface area contributed by atoms with Gasteiger partial charge >= 0.3 is 0 Å². The molecule has 1 aromatic heterocycles. The minimum atomic E-state index is -3.44. The first-order valence-electron chi connectivity index (χ1n) is 6.54. The molecule has 0 unspecified atom stereocenters. The van der Waals surface area contributed by atoms with Gasteiger partial charge in [0.25, 0.3) is 10.0 Å². The lowest BCUT2D eigenvalue weighted by atomic mass is 9.91. The summed E-state index contributed by atoms with van der Waals surface area (Å²) in [6.07, 6.45) is 2.96. The van der Waals surface area contributed by atoms with Crippen LogP contribution >= 0.6 is 27.3 Å². The van der Waals surface area contributed by atoms with E-state index < -0.39 is 15.8 Å². The Morgan fingerprint density at radius 3 is 2.50 bits per heavy atom. The maximum absolute atomic E-state index is 12.3. The highest BCUT2D eigenvalue weighted by atomic mass is 79.9. The SMILES string of the molecule is O=S(=O)(NC1CCC2(CC1)OCCO2)c1sccc1Br. The van der Waals surface area contributed by atoms with Gasteiger partial charge in [0.15, 0.2) is 5.79 Å². The summed E-state index contributed by atoms with van der Waals surface area (Å²) < 4.78 is 39.6. The van der Waals surface area contributed by atoms with Crippen LogP contribution in [0.25, 0.3) is 0 Å². The molecule has 0 atom stereocenters. The fourth-order valence-electron chi connectivity index (χ4n) is 2.71. The molecule has 0 amide bonds. The Labute approximate surface area is 130 Å². The molecular formula is C12H16BrNO4S2. The van der Waals surface area contributed by atoms with Gasteiger partial charge in [-0.15, -0.1) is 11.3 Å². The van der Waals surface area contributed by atoms with E-state index >= 15 is 0 Å². The van der Waals surface area contributed by atoms with Crippen molar-refractivity contribution in [1.82, 2.24) is 4.72 Å². The molecule has 1 saturated carbocycles. The Morgan fingerprint density at radius 2 is 1.95 bits per heavy atom. The minimum absolute atomic E-state index is 0.0487. The molecule has 1 aliphatic heterocycles. The minimum Gasteiger partial charge on any atom is -0.348 e. The van der Waals surface area contributed by atoms with Crippen LogP contribution in [0.4, 0.5) is 0 Å². The van der Waals surface area contributed by atoms with Crippen molar-refractivity contribution in [1.29, 1.82) is 0 Å². The fraction of sp³-hybridized carbons (Fsp3) is 0.667. The zero-order chi connectivity index (χ0) is 14.2. The first-order chi connectivity index (χ1) is 9.51. The van der Waals surface area contributed by atoms with Gasteiger partial charge in [0.1, 0.15) is 4.21 Å². The van der Waals surface area contributed by atoms with Crippen molar-refractivity contribution in [3.8, 4) is 0 Å². The molecule has 2 fully saturated rings. The molecular weight excluding hydrogens is 366 g/mol. The lowest BCUT2D eigenvalue weighted by Crippen LogP contribution is -2.43. The van der Waals surface area contributed by atoms with Gasteiger partial charge in [-0.3, -0.25) is 0 Å². The van der Waals surface area contributed by atoms with E-state index in [9.17, 15) is 8.42 Å². The van der Waals surface area contributed by atoms with E-state index in [0.717, 1.165) is 25.7 Å². The monoisotopic (exact) mass is 381 g/mol. The summed E-state index contributed by atoms with van der Waals surface area (Å²) in [5.74, 6) is -0.453. The number of halogens is 1.